The minimum absolute atomic E-state index is 0.163. The summed E-state index contributed by atoms with van der Waals surface area (Å²) >= 11 is 3.70. The van der Waals surface area contributed by atoms with Crippen LogP contribution in [0.3, 0.4) is 0 Å². The van der Waals surface area contributed by atoms with Gasteiger partial charge in [-0.25, -0.2) is 18.2 Å². The Labute approximate surface area is 218 Å². The van der Waals surface area contributed by atoms with Crippen LogP contribution in [0.1, 0.15) is 11.1 Å². The molecule has 9 heteroatoms. The quantitative estimate of drug-likeness (QED) is 0.159. The van der Waals surface area contributed by atoms with Crippen molar-refractivity contribution in [1.82, 2.24) is 4.98 Å². The van der Waals surface area contributed by atoms with Gasteiger partial charge in [-0.15, -0.1) is 12.6 Å². The standard InChI is InChI=1S/C22H19FN4O.C6H4F2S/c1-28-22-20(26)8-9-21(27-22)16-4-7-19(25)17(12-16)11-15(13-24)10-14-2-5-18(23)6-3-14;7-4-1-2-6(9)5(8)3-4/h2-10,12H,11,25-26H2,1H3;1-3,9H/b15-10+;. The zero-order valence-electron chi connectivity index (χ0n) is 19.8. The molecule has 0 bridgehead atoms. The molecule has 1 aromatic heterocycles. The van der Waals surface area contributed by atoms with Gasteiger partial charge in [-0.3, -0.25) is 0 Å². The molecule has 0 atom stereocenters. The Morgan fingerprint density at radius 3 is 2.24 bits per heavy atom. The third-order valence-corrected chi connectivity index (χ3v) is 5.53. The Balaban J connectivity index is 0.000000356. The van der Waals surface area contributed by atoms with Gasteiger partial charge in [-0.05, 0) is 65.7 Å². The molecule has 0 fully saturated rings. The number of methoxy groups -OCH3 is 1. The molecule has 0 spiro atoms. The second kappa shape index (κ2) is 12.5. The lowest BCUT2D eigenvalue weighted by molar-refractivity contribution is 0.401. The lowest BCUT2D eigenvalue weighted by Gasteiger charge is -2.10. The third kappa shape index (κ3) is 7.53. The van der Waals surface area contributed by atoms with Gasteiger partial charge < -0.3 is 16.2 Å². The smallest absolute Gasteiger partial charge is 0.237 e. The van der Waals surface area contributed by atoms with Crippen LogP contribution in [0.15, 0.2) is 83.3 Å². The van der Waals surface area contributed by atoms with Crippen molar-refractivity contribution in [3.8, 4) is 23.2 Å². The van der Waals surface area contributed by atoms with E-state index in [9.17, 15) is 18.4 Å². The van der Waals surface area contributed by atoms with Gasteiger partial charge in [0.15, 0.2) is 0 Å². The number of hydrogen-bond donors (Lipinski definition) is 3. The van der Waals surface area contributed by atoms with E-state index in [2.05, 4.69) is 23.7 Å². The molecule has 0 amide bonds. The zero-order valence-corrected chi connectivity index (χ0v) is 20.6. The van der Waals surface area contributed by atoms with E-state index in [-0.39, 0.29) is 10.7 Å². The van der Waals surface area contributed by atoms with Crippen LogP contribution in [-0.2, 0) is 6.42 Å². The number of anilines is 2. The van der Waals surface area contributed by atoms with Gasteiger partial charge in [-0.1, -0.05) is 18.2 Å². The maximum Gasteiger partial charge on any atom is 0.237 e. The first kappa shape index (κ1) is 27.2. The number of thiol groups is 1. The van der Waals surface area contributed by atoms with Crippen LogP contribution in [0.5, 0.6) is 5.88 Å². The van der Waals surface area contributed by atoms with Crippen molar-refractivity contribution in [3.05, 3.63) is 107 Å². The third-order valence-electron chi connectivity index (χ3n) is 5.17. The minimum atomic E-state index is -0.627. The molecule has 0 aliphatic rings. The van der Waals surface area contributed by atoms with Crippen molar-refractivity contribution in [3.63, 3.8) is 0 Å². The second-order valence-corrected chi connectivity index (χ2v) is 8.30. The number of rotatable bonds is 5. The lowest BCUT2D eigenvalue weighted by atomic mass is 9.98. The van der Waals surface area contributed by atoms with Crippen molar-refractivity contribution in [2.24, 2.45) is 0 Å². The fourth-order valence-electron chi connectivity index (χ4n) is 3.26. The van der Waals surface area contributed by atoms with Crippen LogP contribution in [0, 0.1) is 28.8 Å². The average molecular weight is 521 g/mol. The number of nitrogens with zero attached hydrogens (tertiary/aromatic N) is 2. The lowest BCUT2D eigenvalue weighted by Crippen LogP contribution is -1.99. The number of pyridine rings is 1. The topological polar surface area (TPSA) is 98.0 Å². The van der Waals surface area contributed by atoms with Crippen molar-refractivity contribution in [2.75, 3.05) is 18.6 Å². The molecule has 1 heterocycles. The molecule has 4 aromatic rings. The van der Waals surface area contributed by atoms with E-state index in [4.69, 9.17) is 16.2 Å². The number of nitriles is 1. The maximum atomic E-state index is 13.1. The highest BCUT2D eigenvalue weighted by Crippen LogP contribution is 2.28. The summed E-state index contributed by atoms with van der Waals surface area (Å²) in [5.74, 6) is -1.17. The number of nitrogen functional groups attached to an aromatic ring is 2. The number of nitrogens with two attached hydrogens (primary N) is 2. The number of hydrogen-bond acceptors (Lipinski definition) is 6. The number of ether oxygens (including phenoxy) is 1. The van der Waals surface area contributed by atoms with Crippen LogP contribution >= 0.6 is 12.6 Å². The van der Waals surface area contributed by atoms with Crippen LogP contribution < -0.4 is 16.2 Å². The molecule has 0 saturated carbocycles. The first-order valence-electron chi connectivity index (χ1n) is 10.9. The summed E-state index contributed by atoms with van der Waals surface area (Å²) in [6, 6.07) is 20.4. The van der Waals surface area contributed by atoms with Crippen molar-refractivity contribution in [1.29, 1.82) is 5.26 Å². The highest BCUT2D eigenvalue weighted by molar-refractivity contribution is 7.80. The Morgan fingerprint density at radius 1 is 0.946 bits per heavy atom. The van der Waals surface area contributed by atoms with Crippen molar-refractivity contribution in [2.45, 2.75) is 11.3 Å². The Morgan fingerprint density at radius 2 is 1.62 bits per heavy atom. The minimum Gasteiger partial charge on any atom is -0.480 e. The summed E-state index contributed by atoms with van der Waals surface area (Å²) in [6.45, 7) is 0. The van der Waals surface area contributed by atoms with Gasteiger partial charge in [0.1, 0.15) is 17.5 Å². The van der Waals surface area contributed by atoms with E-state index in [1.165, 1.54) is 25.3 Å². The molecule has 3 aromatic carbocycles. The average Bonchev–Trinajstić information content (AvgIpc) is 2.89. The predicted molar refractivity (Wildman–Crippen MR) is 142 cm³/mol. The molecule has 37 heavy (non-hydrogen) atoms. The summed E-state index contributed by atoms with van der Waals surface area (Å²) in [4.78, 5) is 4.57. The van der Waals surface area contributed by atoms with Crippen molar-refractivity contribution < 1.29 is 17.9 Å². The summed E-state index contributed by atoms with van der Waals surface area (Å²) in [5, 5.41) is 9.50. The summed E-state index contributed by atoms with van der Waals surface area (Å²) < 4.78 is 42.6. The molecule has 4 N–H and O–H groups in total. The summed E-state index contributed by atoms with van der Waals surface area (Å²) in [6.07, 6.45) is 2.07. The second-order valence-electron chi connectivity index (χ2n) is 7.81. The first-order valence-corrected chi connectivity index (χ1v) is 11.3. The van der Waals surface area contributed by atoms with Gasteiger partial charge in [-0.2, -0.15) is 5.26 Å². The van der Waals surface area contributed by atoms with E-state index >= 15 is 0 Å². The van der Waals surface area contributed by atoms with E-state index in [0.29, 0.717) is 34.9 Å². The number of aromatic nitrogens is 1. The number of halogens is 3. The van der Waals surface area contributed by atoms with Crippen LogP contribution in [0.2, 0.25) is 0 Å². The molecular weight excluding hydrogens is 497 g/mol. The largest absolute Gasteiger partial charge is 0.480 e. The van der Waals surface area contributed by atoms with Gasteiger partial charge in [0.05, 0.1) is 24.6 Å². The normalized spacial score (nSPS) is 10.8. The fourth-order valence-corrected chi connectivity index (χ4v) is 3.40. The van der Waals surface area contributed by atoms with Crippen LogP contribution in [-0.4, -0.2) is 12.1 Å². The van der Waals surface area contributed by atoms with E-state index < -0.39 is 11.6 Å². The first-order chi connectivity index (χ1) is 17.7. The SMILES string of the molecule is COc1nc(-c2ccc(N)c(C/C(C#N)=C\c3ccc(F)cc3)c2)ccc1N.Fc1ccc(S)c(F)c1. The predicted octanol–water partition coefficient (Wildman–Crippen LogP) is 6.46. The Kier molecular flexibility index (Phi) is 9.19. The van der Waals surface area contributed by atoms with E-state index in [1.807, 2.05) is 12.1 Å². The van der Waals surface area contributed by atoms with Crippen LogP contribution in [0.25, 0.3) is 17.3 Å². The Bertz CT molecular complexity index is 1470. The molecule has 4 rings (SSSR count). The van der Waals surface area contributed by atoms with Crippen LogP contribution in [0.4, 0.5) is 24.5 Å². The van der Waals surface area contributed by atoms with Crippen molar-refractivity contribution >= 4 is 30.1 Å². The van der Waals surface area contributed by atoms with Gasteiger partial charge in [0.2, 0.25) is 5.88 Å². The number of benzene rings is 3. The highest BCUT2D eigenvalue weighted by Gasteiger charge is 2.10. The van der Waals surface area contributed by atoms with Gasteiger partial charge in [0, 0.05) is 34.2 Å². The summed E-state index contributed by atoms with van der Waals surface area (Å²) in [7, 11) is 1.51. The molecule has 5 nitrogen and oxygen atoms in total. The summed E-state index contributed by atoms with van der Waals surface area (Å²) in [5.41, 5.74) is 16.5. The highest BCUT2D eigenvalue weighted by atomic mass is 32.1. The fraction of sp³-hybridized carbons (Fsp3) is 0.0714. The molecule has 0 unspecified atom stereocenters. The van der Waals surface area contributed by atoms with Gasteiger partial charge >= 0.3 is 0 Å². The maximum absolute atomic E-state index is 13.1. The van der Waals surface area contributed by atoms with Gasteiger partial charge in [0.25, 0.3) is 0 Å². The molecule has 188 valence electrons. The molecule has 0 saturated heterocycles. The molecule has 0 aliphatic heterocycles. The van der Waals surface area contributed by atoms with E-state index in [0.717, 1.165) is 28.8 Å². The molecular formula is C28H23F3N4OS. The van der Waals surface area contributed by atoms with E-state index in [1.54, 1.807) is 36.4 Å². The zero-order chi connectivity index (χ0) is 26.9. The molecule has 0 radical (unpaired) electrons. The monoisotopic (exact) mass is 520 g/mol. The Hall–Kier alpha value is -4.42. The molecule has 0 aliphatic carbocycles. The number of allylic oxidation sites excluding steroid dienone is 1.